The Morgan fingerprint density at radius 3 is 2.52 bits per heavy atom. The molecule has 0 saturated heterocycles. The molecule has 1 unspecified atom stereocenters. The summed E-state index contributed by atoms with van der Waals surface area (Å²) in [5, 5.41) is 3.24. The van der Waals surface area contributed by atoms with E-state index in [1.807, 2.05) is 43.3 Å². The molecule has 0 spiro atoms. The van der Waals surface area contributed by atoms with Gasteiger partial charge >= 0.3 is 0 Å². The number of hydrogen-bond donors (Lipinski definition) is 1. The van der Waals surface area contributed by atoms with Crippen molar-refractivity contribution in [2.24, 2.45) is 0 Å². The van der Waals surface area contributed by atoms with Crippen molar-refractivity contribution in [3.05, 3.63) is 54.1 Å². The molecular weight excluding hydrogens is 265 g/mol. The summed E-state index contributed by atoms with van der Waals surface area (Å²) in [7, 11) is 1.94. The monoisotopic (exact) mass is 287 g/mol. The number of pyridine rings is 1. The lowest BCUT2D eigenvalue weighted by atomic mass is 10.1. The third-order valence-corrected chi connectivity index (χ3v) is 3.63. The number of anilines is 2. The Labute approximate surface area is 125 Å². The summed E-state index contributed by atoms with van der Waals surface area (Å²) in [6.07, 6.45) is 2.84. The van der Waals surface area contributed by atoms with Crippen LogP contribution in [0.4, 0.5) is 15.8 Å². The van der Waals surface area contributed by atoms with Gasteiger partial charge in [0.25, 0.3) is 0 Å². The van der Waals surface area contributed by atoms with Crippen molar-refractivity contribution in [1.29, 1.82) is 0 Å². The maximum Gasteiger partial charge on any atom is 0.125 e. The predicted molar refractivity (Wildman–Crippen MR) is 85.4 cm³/mol. The van der Waals surface area contributed by atoms with Crippen molar-refractivity contribution >= 4 is 11.4 Å². The molecule has 0 saturated carbocycles. The van der Waals surface area contributed by atoms with Crippen molar-refractivity contribution in [3.63, 3.8) is 0 Å². The molecule has 21 heavy (non-hydrogen) atoms. The largest absolute Gasteiger partial charge is 0.340 e. The summed E-state index contributed by atoms with van der Waals surface area (Å²) in [6, 6.07) is 11.0. The van der Waals surface area contributed by atoms with E-state index in [0.717, 1.165) is 30.0 Å². The van der Waals surface area contributed by atoms with Gasteiger partial charge in [0.15, 0.2) is 0 Å². The lowest BCUT2D eigenvalue weighted by molar-refractivity contribution is 0.561. The van der Waals surface area contributed by atoms with Crippen LogP contribution in [0.3, 0.4) is 0 Å². The molecule has 0 bridgehead atoms. The molecule has 0 amide bonds. The minimum absolute atomic E-state index is 0.225. The zero-order chi connectivity index (χ0) is 15.2. The Morgan fingerprint density at radius 2 is 2.00 bits per heavy atom. The van der Waals surface area contributed by atoms with Gasteiger partial charge in [0.2, 0.25) is 0 Å². The van der Waals surface area contributed by atoms with E-state index in [-0.39, 0.29) is 11.9 Å². The van der Waals surface area contributed by atoms with Gasteiger partial charge in [-0.05, 0) is 50.7 Å². The molecule has 0 aliphatic rings. The number of benzene rings is 1. The highest BCUT2D eigenvalue weighted by atomic mass is 19.1. The summed E-state index contributed by atoms with van der Waals surface area (Å²) in [5.41, 5.74) is 2.84. The van der Waals surface area contributed by atoms with Crippen molar-refractivity contribution in [2.75, 3.05) is 18.5 Å². The van der Waals surface area contributed by atoms with E-state index >= 15 is 0 Å². The number of hydrogen-bond acceptors (Lipinski definition) is 3. The topological polar surface area (TPSA) is 28.2 Å². The van der Waals surface area contributed by atoms with Crippen molar-refractivity contribution in [2.45, 2.75) is 26.3 Å². The molecule has 1 atom stereocenters. The maximum absolute atomic E-state index is 13.4. The molecule has 2 rings (SSSR count). The maximum atomic E-state index is 13.4. The van der Waals surface area contributed by atoms with Crippen LogP contribution in [0, 0.1) is 5.82 Å². The van der Waals surface area contributed by atoms with Crippen LogP contribution in [0.1, 0.15) is 32.0 Å². The van der Waals surface area contributed by atoms with Gasteiger partial charge in [-0.25, -0.2) is 4.39 Å². The number of aromatic nitrogens is 1. The van der Waals surface area contributed by atoms with Crippen LogP contribution in [0.25, 0.3) is 0 Å². The highest BCUT2D eigenvalue weighted by Gasteiger charge is 2.11. The highest BCUT2D eigenvalue weighted by Crippen LogP contribution is 2.26. The Balaban J connectivity index is 2.27. The molecule has 0 aliphatic carbocycles. The minimum atomic E-state index is -0.225. The third kappa shape index (κ3) is 3.58. The average molecular weight is 287 g/mol. The van der Waals surface area contributed by atoms with Gasteiger partial charge < -0.3 is 10.2 Å². The van der Waals surface area contributed by atoms with Crippen LogP contribution >= 0.6 is 0 Å². The number of rotatable bonds is 6. The second-order valence-corrected chi connectivity index (χ2v) is 4.91. The quantitative estimate of drug-likeness (QED) is 0.868. The van der Waals surface area contributed by atoms with Crippen LogP contribution in [0.2, 0.25) is 0 Å². The fraction of sp³-hybridized carbons (Fsp3) is 0.353. The number of nitrogens with one attached hydrogen (secondary N) is 1. The number of nitrogens with zero attached hydrogens (tertiary/aromatic N) is 2. The van der Waals surface area contributed by atoms with E-state index < -0.39 is 0 Å². The van der Waals surface area contributed by atoms with Crippen LogP contribution in [0.5, 0.6) is 0 Å². The van der Waals surface area contributed by atoms with Gasteiger partial charge in [0, 0.05) is 18.3 Å². The SMILES string of the molecule is CCC(NC)c1ccc(N(CC)c2cccc(F)c2)cn1. The molecule has 0 aliphatic heterocycles. The summed E-state index contributed by atoms with van der Waals surface area (Å²) in [5.74, 6) is -0.225. The molecule has 1 aromatic carbocycles. The predicted octanol–water partition coefficient (Wildman–Crippen LogP) is 4.05. The van der Waals surface area contributed by atoms with Gasteiger partial charge in [0.05, 0.1) is 17.6 Å². The molecule has 1 aromatic heterocycles. The minimum Gasteiger partial charge on any atom is -0.340 e. The second kappa shape index (κ2) is 7.18. The van der Waals surface area contributed by atoms with E-state index in [9.17, 15) is 4.39 Å². The van der Waals surface area contributed by atoms with Crippen LogP contribution in [-0.4, -0.2) is 18.6 Å². The molecule has 1 heterocycles. The number of halogens is 1. The molecule has 112 valence electrons. The summed E-state index contributed by atoms with van der Waals surface area (Å²) >= 11 is 0. The average Bonchev–Trinajstić information content (AvgIpc) is 2.51. The summed E-state index contributed by atoms with van der Waals surface area (Å²) in [4.78, 5) is 6.58. The molecule has 0 fully saturated rings. The first kappa shape index (κ1) is 15.4. The molecule has 3 nitrogen and oxygen atoms in total. The lowest BCUT2D eigenvalue weighted by Crippen LogP contribution is -2.19. The van der Waals surface area contributed by atoms with E-state index in [1.165, 1.54) is 6.07 Å². The van der Waals surface area contributed by atoms with Crippen LogP contribution in [0.15, 0.2) is 42.6 Å². The van der Waals surface area contributed by atoms with Crippen LogP contribution in [-0.2, 0) is 0 Å². The smallest absolute Gasteiger partial charge is 0.125 e. The fourth-order valence-electron chi connectivity index (χ4n) is 2.48. The zero-order valence-electron chi connectivity index (χ0n) is 12.8. The third-order valence-electron chi connectivity index (χ3n) is 3.63. The Kier molecular flexibility index (Phi) is 5.28. The van der Waals surface area contributed by atoms with Crippen molar-refractivity contribution in [1.82, 2.24) is 10.3 Å². The van der Waals surface area contributed by atoms with Crippen molar-refractivity contribution in [3.8, 4) is 0 Å². The first-order chi connectivity index (χ1) is 10.2. The highest BCUT2D eigenvalue weighted by molar-refractivity contribution is 5.62. The lowest BCUT2D eigenvalue weighted by Gasteiger charge is -2.23. The van der Waals surface area contributed by atoms with Crippen LogP contribution < -0.4 is 10.2 Å². The first-order valence-corrected chi connectivity index (χ1v) is 7.35. The molecule has 4 heteroatoms. The Morgan fingerprint density at radius 1 is 1.19 bits per heavy atom. The zero-order valence-corrected chi connectivity index (χ0v) is 12.8. The standard InChI is InChI=1S/C17H22FN3/c1-4-16(19-3)17-10-9-15(12-20-17)21(5-2)14-8-6-7-13(18)11-14/h6-12,16,19H,4-5H2,1-3H3. The normalized spacial score (nSPS) is 12.2. The van der Waals surface area contributed by atoms with Gasteiger partial charge in [-0.2, -0.15) is 0 Å². The molecular formula is C17H22FN3. The Hall–Kier alpha value is -1.94. The second-order valence-electron chi connectivity index (χ2n) is 4.91. The van der Waals surface area contributed by atoms with E-state index in [2.05, 4.69) is 17.2 Å². The summed E-state index contributed by atoms with van der Waals surface area (Å²) < 4.78 is 13.4. The van der Waals surface area contributed by atoms with E-state index in [1.54, 1.807) is 12.1 Å². The molecule has 2 aromatic rings. The summed E-state index contributed by atoms with van der Waals surface area (Å²) in [6.45, 7) is 4.93. The molecule has 1 N–H and O–H groups in total. The van der Waals surface area contributed by atoms with Gasteiger partial charge in [-0.3, -0.25) is 4.98 Å². The van der Waals surface area contributed by atoms with Gasteiger partial charge in [-0.15, -0.1) is 0 Å². The van der Waals surface area contributed by atoms with Gasteiger partial charge in [-0.1, -0.05) is 13.0 Å². The van der Waals surface area contributed by atoms with Gasteiger partial charge in [0.1, 0.15) is 5.82 Å². The first-order valence-electron chi connectivity index (χ1n) is 7.35. The molecule has 0 radical (unpaired) electrons. The fourth-order valence-corrected chi connectivity index (χ4v) is 2.48. The van der Waals surface area contributed by atoms with E-state index in [4.69, 9.17) is 0 Å². The van der Waals surface area contributed by atoms with Crippen molar-refractivity contribution < 1.29 is 4.39 Å². The van der Waals surface area contributed by atoms with E-state index in [0.29, 0.717) is 0 Å². The Bertz CT molecular complexity index is 565.